The van der Waals surface area contributed by atoms with E-state index in [-0.39, 0.29) is 0 Å². The molecule has 1 rings (SSSR count). The van der Waals surface area contributed by atoms with Gasteiger partial charge in [0.05, 0.1) is 0 Å². The van der Waals surface area contributed by atoms with Crippen LogP contribution in [0.5, 0.6) is 0 Å². The molecule has 0 fully saturated rings. The maximum atomic E-state index is 4.31. The molecule has 0 spiro atoms. The lowest BCUT2D eigenvalue weighted by Crippen LogP contribution is -2.34. The van der Waals surface area contributed by atoms with Crippen LogP contribution in [0.2, 0.25) is 0 Å². The molecule has 0 saturated heterocycles. The van der Waals surface area contributed by atoms with Gasteiger partial charge < -0.3 is 5.32 Å². The zero-order chi connectivity index (χ0) is 12.0. The van der Waals surface area contributed by atoms with Gasteiger partial charge in [-0.2, -0.15) is 0 Å². The lowest BCUT2D eigenvalue weighted by Gasteiger charge is -2.19. The van der Waals surface area contributed by atoms with Crippen molar-refractivity contribution in [2.45, 2.75) is 50.6 Å². The summed E-state index contributed by atoms with van der Waals surface area (Å²) in [6.07, 6.45) is 4.90. The van der Waals surface area contributed by atoms with Gasteiger partial charge in [-0.25, -0.2) is 9.97 Å². The van der Waals surface area contributed by atoms with E-state index in [4.69, 9.17) is 0 Å². The minimum absolute atomic E-state index is 0.481. The van der Waals surface area contributed by atoms with Crippen molar-refractivity contribution in [3.8, 4) is 0 Å². The van der Waals surface area contributed by atoms with Gasteiger partial charge in [0.1, 0.15) is 0 Å². The van der Waals surface area contributed by atoms with Crippen LogP contribution in [0.3, 0.4) is 0 Å². The third-order valence-electron chi connectivity index (χ3n) is 2.47. The van der Waals surface area contributed by atoms with Crippen molar-refractivity contribution in [3.05, 3.63) is 18.0 Å². The molecule has 0 amide bonds. The fourth-order valence-electron chi connectivity index (χ4n) is 1.25. The summed E-state index contributed by atoms with van der Waals surface area (Å²) in [5, 5.41) is 4.83. The zero-order valence-corrected chi connectivity index (χ0v) is 11.3. The molecule has 0 aliphatic carbocycles. The van der Waals surface area contributed by atoms with Gasteiger partial charge in [0.2, 0.25) is 0 Å². The molecule has 90 valence electrons. The highest BCUT2D eigenvalue weighted by molar-refractivity contribution is 7.99. The van der Waals surface area contributed by atoms with Gasteiger partial charge >= 0.3 is 0 Å². The van der Waals surface area contributed by atoms with Crippen molar-refractivity contribution in [1.29, 1.82) is 0 Å². The molecule has 0 bridgehead atoms. The van der Waals surface area contributed by atoms with Gasteiger partial charge in [0, 0.05) is 23.7 Å². The highest BCUT2D eigenvalue weighted by Crippen LogP contribution is 2.21. The number of aryl methyl sites for hydroxylation is 1. The number of nitrogens with zero attached hydrogens (tertiary/aromatic N) is 2. The van der Waals surface area contributed by atoms with Crippen LogP contribution in [-0.2, 0) is 0 Å². The van der Waals surface area contributed by atoms with Crippen LogP contribution in [0.1, 0.15) is 32.8 Å². The van der Waals surface area contributed by atoms with Crippen LogP contribution in [-0.4, -0.2) is 27.8 Å². The van der Waals surface area contributed by atoms with E-state index in [0.29, 0.717) is 11.3 Å². The summed E-state index contributed by atoms with van der Waals surface area (Å²) in [5.41, 5.74) is 1.11. The van der Waals surface area contributed by atoms with E-state index in [9.17, 15) is 0 Å². The summed E-state index contributed by atoms with van der Waals surface area (Å²) >= 11 is 1.73. The third kappa shape index (κ3) is 4.49. The van der Waals surface area contributed by atoms with Gasteiger partial charge in [-0.15, -0.1) is 0 Å². The fourth-order valence-corrected chi connectivity index (χ4v) is 2.11. The minimum atomic E-state index is 0.481. The normalized spacial score (nSPS) is 14.8. The van der Waals surface area contributed by atoms with Crippen molar-refractivity contribution >= 4 is 11.8 Å². The average Bonchev–Trinajstić information content (AvgIpc) is 2.29. The zero-order valence-electron chi connectivity index (χ0n) is 10.5. The van der Waals surface area contributed by atoms with Crippen molar-refractivity contribution in [2.24, 2.45) is 0 Å². The SMILES string of the molecule is CCCNC(C)C(C)Sc1ncc(C)cn1. The molecular weight excluding hydrogens is 218 g/mol. The van der Waals surface area contributed by atoms with Crippen molar-refractivity contribution in [3.63, 3.8) is 0 Å². The van der Waals surface area contributed by atoms with E-state index in [1.807, 2.05) is 19.3 Å². The Labute approximate surface area is 102 Å². The highest BCUT2D eigenvalue weighted by Gasteiger charge is 2.13. The predicted molar refractivity (Wildman–Crippen MR) is 69.8 cm³/mol. The second kappa shape index (κ2) is 6.86. The van der Waals surface area contributed by atoms with Crippen LogP contribution in [0.15, 0.2) is 17.6 Å². The lowest BCUT2D eigenvalue weighted by atomic mass is 10.2. The molecule has 1 aromatic rings. The third-order valence-corrected chi connectivity index (χ3v) is 3.67. The maximum Gasteiger partial charge on any atom is 0.187 e. The Morgan fingerprint density at radius 3 is 2.50 bits per heavy atom. The van der Waals surface area contributed by atoms with Gasteiger partial charge in [-0.3, -0.25) is 0 Å². The number of hydrogen-bond acceptors (Lipinski definition) is 4. The number of aromatic nitrogens is 2. The Hall–Kier alpha value is -0.610. The highest BCUT2D eigenvalue weighted by atomic mass is 32.2. The first-order chi connectivity index (χ1) is 7.63. The maximum absolute atomic E-state index is 4.31. The van der Waals surface area contributed by atoms with Crippen LogP contribution in [0.4, 0.5) is 0 Å². The summed E-state index contributed by atoms with van der Waals surface area (Å²) in [7, 11) is 0. The van der Waals surface area contributed by atoms with E-state index < -0.39 is 0 Å². The number of thioether (sulfide) groups is 1. The van der Waals surface area contributed by atoms with E-state index >= 15 is 0 Å². The first-order valence-electron chi connectivity index (χ1n) is 5.82. The molecule has 0 aliphatic rings. The smallest absolute Gasteiger partial charge is 0.187 e. The lowest BCUT2D eigenvalue weighted by molar-refractivity contribution is 0.541. The van der Waals surface area contributed by atoms with Crippen molar-refractivity contribution in [1.82, 2.24) is 15.3 Å². The van der Waals surface area contributed by atoms with E-state index in [0.717, 1.165) is 17.3 Å². The molecule has 0 aliphatic heterocycles. The molecule has 2 atom stereocenters. The molecule has 0 saturated carbocycles. The van der Waals surface area contributed by atoms with Gasteiger partial charge in [0.15, 0.2) is 5.16 Å². The van der Waals surface area contributed by atoms with Gasteiger partial charge in [-0.05, 0) is 32.4 Å². The number of nitrogens with one attached hydrogen (secondary N) is 1. The number of hydrogen-bond donors (Lipinski definition) is 1. The minimum Gasteiger partial charge on any atom is -0.313 e. The second-order valence-corrected chi connectivity index (χ2v) is 5.45. The van der Waals surface area contributed by atoms with E-state index in [2.05, 4.69) is 36.1 Å². The van der Waals surface area contributed by atoms with E-state index in [1.165, 1.54) is 6.42 Å². The van der Waals surface area contributed by atoms with Crippen molar-refractivity contribution in [2.75, 3.05) is 6.54 Å². The fraction of sp³-hybridized carbons (Fsp3) is 0.667. The summed E-state index contributed by atoms with van der Waals surface area (Å²) < 4.78 is 0. The number of rotatable bonds is 6. The molecule has 2 unspecified atom stereocenters. The Kier molecular flexibility index (Phi) is 5.77. The molecule has 1 heterocycles. The largest absolute Gasteiger partial charge is 0.313 e. The summed E-state index contributed by atoms with van der Waals surface area (Å²) in [4.78, 5) is 8.61. The molecule has 4 heteroatoms. The molecule has 0 aromatic carbocycles. The monoisotopic (exact) mass is 239 g/mol. The topological polar surface area (TPSA) is 37.8 Å². The standard InChI is InChI=1S/C12H21N3S/c1-5-6-13-10(3)11(4)16-12-14-7-9(2)8-15-12/h7-8,10-11,13H,5-6H2,1-4H3. The molecule has 1 N–H and O–H groups in total. The quantitative estimate of drug-likeness (QED) is 0.612. The Morgan fingerprint density at radius 2 is 1.94 bits per heavy atom. The molecule has 3 nitrogen and oxygen atoms in total. The molecular formula is C12H21N3S. The average molecular weight is 239 g/mol. The Bertz CT molecular complexity index is 300. The van der Waals surface area contributed by atoms with Crippen LogP contribution >= 0.6 is 11.8 Å². The summed E-state index contributed by atoms with van der Waals surface area (Å²) in [6, 6.07) is 0.481. The summed E-state index contributed by atoms with van der Waals surface area (Å²) in [6.45, 7) is 9.67. The molecule has 16 heavy (non-hydrogen) atoms. The van der Waals surface area contributed by atoms with Crippen LogP contribution < -0.4 is 5.32 Å². The Morgan fingerprint density at radius 1 is 1.31 bits per heavy atom. The van der Waals surface area contributed by atoms with Gasteiger partial charge in [0.25, 0.3) is 0 Å². The summed E-state index contributed by atoms with van der Waals surface area (Å²) in [5.74, 6) is 0. The van der Waals surface area contributed by atoms with Crippen LogP contribution in [0.25, 0.3) is 0 Å². The van der Waals surface area contributed by atoms with Crippen LogP contribution in [0, 0.1) is 6.92 Å². The second-order valence-electron chi connectivity index (χ2n) is 4.11. The predicted octanol–water partition coefficient (Wildman–Crippen LogP) is 2.65. The molecule has 1 aromatic heterocycles. The Balaban J connectivity index is 2.43. The van der Waals surface area contributed by atoms with Crippen molar-refractivity contribution < 1.29 is 0 Å². The first kappa shape index (κ1) is 13.5. The van der Waals surface area contributed by atoms with Gasteiger partial charge in [-0.1, -0.05) is 25.6 Å². The van der Waals surface area contributed by atoms with E-state index in [1.54, 1.807) is 11.8 Å². The first-order valence-corrected chi connectivity index (χ1v) is 6.70. The molecule has 0 radical (unpaired) electrons.